The molecule has 1 N–H and O–H groups in total. The van der Waals surface area contributed by atoms with E-state index in [1.54, 1.807) is 12.1 Å². The zero-order chi connectivity index (χ0) is 10.2. The first-order valence-electron chi connectivity index (χ1n) is 4.10. The first-order chi connectivity index (χ1) is 6.83. The van der Waals surface area contributed by atoms with Crippen molar-refractivity contribution in [2.45, 2.75) is 0 Å². The van der Waals surface area contributed by atoms with Gasteiger partial charge in [0.05, 0.1) is 0 Å². The lowest BCUT2D eigenvalue weighted by atomic mass is 10.2. The van der Waals surface area contributed by atoms with Crippen molar-refractivity contribution in [3.8, 4) is 6.07 Å². The molecule has 1 aromatic carbocycles. The van der Waals surface area contributed by atoms with Crippen LogP contribution in [0.1, 0.15) is 5.56 Å². The molecular weight excluding hydrogens is 174 g/mol. The molecule has 0 aromatic heterocycles. The number of hydrogen-bond acceptors (Lipinski definition) is 2. The van der Waals surface area contributed by atoms with Crippen LogP contribution in [0.2, 0.25) is 0 Å². The maximum atomic E-state index is 8.73. The molecule has 1 rings (SSSR count). The zero-order valence-corrected chi connectivity index (χ0v) is 7.51. The number of allylic oxidation sites excluding steroid dienone is 2. The Balaban J connectivity index is 2.68. The van der Waals surface area contributed by atoms with Gasteiger partial charge in [-0.15, -0.1) is 0 Å². The van der Waals surface area contributed by atoms with Crippen LogP contribution in [-0.2, 0) is 0 Å². The van der Waals surface area contributed by atoms with Crippen molar-refractivity contribution in [1.82, 2.24) is 0 Å². The van der Waals surface area contributed by atoms with Crippen molar-refractivity contribution in [1.29, 1.82) is 5.26 Å². The van der Waals surface area contributed by atoms with Crippen LogP contribution >= 0.6 is 0 Å². The third-order valence-electron chi connectivity index (χ3n) is 1.51. The Bertz CT molecular complexity index is 417. The van der Waals surface area contributed by atoms with Gasteiger partial charge in [0.2, 0.25) is 5.76 Å². The third-order valence-corrected chi connectivity index (χ3v) is 1.51. The van der Waals surface area contributed by atoms with E-state index in [-0.39, 0.29) is 0 Å². The fraction of sp³-hybridized carbons (Fsp3) is 0. The van der Waals surface area contributed by atoms with E-state index in [2.05, 4.69) is 5.73 Å². The molecule has 0 amide bonds. The molecule has 14 heavy (non-hydrogen) atoms. The first kappa shape index (κ1) is 9.85. The number of rotatable bonds is 2. The van der Waals surface area contributed by atoms with Crippen LogP contribution in [-0.4, -0.2) is 5.11 Å². The highest BCUT2D eigenvalue weighted by molar-refractivity contribution is 5.50. The molecule has 0 aliphatic carbocycles. The summed E-state index contributed by atoms with van der Waals surface area (Å²) < 4.78 is 0. The van der Waals surface area contributed by atoms with E-state index >= 15 is 0 Å². The average Bonchev–Trinajstić information content (AvgIpc) is 2.25. The second kappa shape index (κ2) is 5.42. The molecule has 0 saturated carbocycles. The first-order valence-corrected chi connectivity index (χ1v) is 4.10. The maximum absolute atomic E-state index is 8.73. The van der Waals surface area contributed by atoms with Gasteiger partial charge in [-0.2, -0.15) is 5.26 Å². The molecule has 2 heteroatoms. The van der Waals surface area contributed by atoms with E-state index in [9.17, 15) is 0 Å². The minimum absolute atomic E-state index is 0.414. The monoisotopic (exact) mass is 183 g/mol. The van der Waals surface area contributed by atoms with Crippen molar-refractivity contribution in [3.05, 3.63) is 59.5 Å². The van der Waals surface area contributed by atoms with Crippen molar-refractivity contribution in [2.75, 3.05) is 0 Å². The van der Waals surface area contributed by atoms with Gasteiger partial charge in [-0.1, -0.05) is 48.2 Å². The Morgan fingerprint density at radius 3 is 2.64 bits per heavy atom. The number of nitrogens with zero attached hydrogens (tertiary/aromatic N) is 1. The molecule has 0 spiro atoms. The molecule has 0 aliphatic heterocycles. The van der Waals surface area contributed by atoms with Crippen LogP contribution in [0.15, 0.2) is 54.0 Å². The van der Waals surface area contributed by atoms with Gasteiger partial charge >= 0.3 is 0 Å². The van der Waals surface area contributed by atoms with Crippen LogP contribution < -0.4 is 0 Å². The fourth-order valence-corrected chi connectivity index (χ4v) is 0.883. The van der Waals surface area contributed by atoms with E-state index in [4.69, 9.17) is 10.4 Å². The number of hydrogen-bond donors (Lipinski definition) is 1. The largest absolute Gasteiger partial charge is 0.494 e. The standard InChI is InChI=1S/C12H9NO/c13-10-12(14)9-5-4-8-11-6-2-1-3-7-11/h1-8,14H. The summed E-state index contributed by atoms with van der Waals surface area (Å²) in [5.74, 6) is -0.414. The quantitative estimate of drug-likeness (QED) is 0.252. The summed E-state index contributed by atoms with van der Waals surface area (Å²) in [5, 5.41) is 16.9. The van der Waals surface area contributed by atoms with Crippen LogP contribution in [0.3, 0.4) is 0 Å². The minimum Gasteiger partial charge on any atom is -0.494 e. The Labute approximate surface area is 82.7 Å². The summed E-state index contributed by atoms with van der Waals surface area (Å²) in [7, 11) is 0. The summed E-state index contributed by atoms with van der Waals surface area (Å²) in [5.41, 5.74) is 3.46. The molecular formula is C12H9NO. The highest BCUT2D eigenvalue weighted by Crippen LogP contribution is 2.00. The third kappa shape index (κ3) is 3.44. The molecule has 1 aromatic rings. The minimum atomic E-state index is -0.414. The summed E-state index contributed by atoms with van der Waals surface area (Å²) >= 11 is 0. The van der Waals surface area contributed by atoms with Gasteiger partial charge in [0.15, 0.2) is 0 Å². The Morgan fingerprint density at radius 2 is 2.00 bits per heavy atom. The maximum Gasteiger partial charge on any atom is 0.239 e. The van der Waals surface area contributed by atoms with Gasteiger partial charge in [-0.05, 0) is 11.6 Å². The normalized spacial score (nSPS) is 9.07. The molecule has 2 nitrogen and oxygen atoms in total. The van der Waals surface area contributed by atoms with Gasteiger partial charge in [0.1, 0.15) is 6.07 Å². The predicted octanol–water partition coefficient (Wildman–Crippen LogP) is 2.82. The number of benzene rings is 1. The van der Waals surface area contributed by atoms with Crippen molar-refractivity contribution < 1.29 is 5.11 Å². The summed E-state index contributed by atoms with van der Waals surface area (Å²) in [6.07, 6.45) is 5.06. The lowest BCUT2D eigenvalue weighted by Gasteiger charge is -1.87. The summed E-state index contributed by atoms with van der Waals surface area (Å²) in [6.45, 7) is 0. The molecule has 0 unspecified atom stereocenters. The Morgan fingerprint density at radius 1 is 1.29 bits per heavy atom. The van der Waals surface area contributed by atoms with Crippen LogP contribution in [0.4, 0.5) is 0 Å². The van der Waals surface area contributed by atoms with E-state index in [1.807, 2.05) is 36.4 Å². The predicted molar refractivity (Wildman–Crippen MR) is 55.3 cm³/mol. The van der Waals surface area contributed by atoms with Gasteiger partial charge < -0.3 is 5.11 Å². The zero-order valence-electron chi connectivity index (χ0n) is 7.51. The SMILES string of the molecule is N#CC(O)=C=CC=Cc1ccccc1. The van der Waals surface area contributed by atoms with Gasteiger partial charge in [-0.3, -0.25) is 0 Å². The van der Waals surface area contributed by atoms with Crippen molar-refractivity contribution in [3.63, 3.8) is 0 Å². The number of aliphatic hydroxyl groups is 1. The molecule has 0 heterocycles. The lowest BCUT2D eigenvalue weighted by molar-refractivity contribution is 0.438. The van der Waals surface area contributed by atoms with E-state index in [0.717, 1.165) is 5.56 Å². The molecule has 68 valence electrons. The van der Waals surface area contributed by atoms with Crippen LogP contribution in [0.25, 0.3) is 6.08 Å². The van der Waals surface area contributed by atoms with E-state index in [0.29, 0.717) is 0 Å². The Kier molecular flexibility index (Phi) is 3.82. The van der Waals surface area contributed by atoms with Crippen molar-refractivity contribution >= 4 is 6.08 Å². The highest BCUT2D eigenvalue weighted by Gasteiger charge is 1.80. The van der Waals surface area contributed by atoms with Crippen LogP contribution in [0.5, 0.6) is 0 Å². The van der Waals surface area contributed by atoms with E-state index < -0.39 is 5.76 Å². The average molecular weight is 183 g/mol. The summed E-state index contributed by atoms with van der Waals surface area (Å²) in [4.78, 5) is 0. The molecule has 0 saturated heterocycles. The van der Waals surface area contributed by atoms with Crippen molar-refractivity contribution in [2.24, 2.45) is 0 Å². The van der Waals surface area contributed by atoms with E-state index in [1.165, 1.54) is 6.08 Å². The fourth-order valence-electron chi connectivity index (χ4n) is 0.883. The second-order valence-corrected chi connectivity index (χ2v) is 2.54. The molecule has 0 atom stereocenters. The van der Waals surface area contributed by atoms with Crippen LogP contribution in [0, 0.1) is 11.3 Å². The second-order valence-electron chi connectivity index (χ2n) is 2.54. The number of aliphatic hydroxyl groups excluding tert-OH is 1. The lowest BCUT2D eigenvalue weighted by Crippen LogP contribution is -1.67. The smallest absolute Gasteiger partial charge is 0.239 e. The van der Waals surface area contributed by atoms with Gasteiger partial charge in [-0.25, -0.2) is 0 Å². The molecule has 0 bridgehead atoms. The molecule has 0 aliphatic rings. The highest BCUT2D eigenvalue weighted by atomic mass is 16.3. The Hall–Kier alpha value is -2.23. The summed E-state index contributed by atoms with van der Waals surface area (Å²) in [6, 6.07) is 11.3. The van der Waals surface area contributed by atoms with Gasteiger partial charge in [0, 0.05) is 0 Å². The van der Waals surface area contributed by atoms with Gasteiger partial charge in [0.25, 0.3) is 0 Å². The molecule has 0 radical (unpaired) electrons. The number of nitriles is 1. The molecule has 0 fully saturated rings. The topological polar surface area (TPSA) is 44.0 Å².